The number of nitrogens with zero attached hydrogens (tertiary/aromatic N) is 2. The van der Waals surface area contributed by atoms with Crippen molar-refractivity contribution in [2.75, 3.05) is 5.32 Å². The Morgan fingerprint density at radius 2 is 1.68 bits per heavy atom. The summed E-state index contributed by atoms with van der Waals surface area (Å²) < 4.78 is 0. The molecule has 0 spiro atoms. The number of hydrogen-bond acceptors (Lipinski definition) is 6. The van der Waals surface area contributed by atoms with E-state index in [1.807, 2.05) is 0 Å². The highest BCUT2D eigenvalue weighted by atomic mass is 32.1. The number of aromatic nitrogens is 1. The molecule has 34 heavy (non-hydrogen) atoms. The van der Waals surface area contributed by atoms with Gasteiger partial charge in [-0.1, -0.05) is 86.2 Å². The van der Waals surface area contributed by atoms with Crippen molar-refractivity contribution in [2.24, 2.45) is 0 Å². The van der Waals surface area contributed by atoms with E-state index in [2.05, 4.69) is 81.5 Å². The van der Waals surface area contributed by atoms with Gasteiger partial charge in [0.05, 0.1) is 15.5 Å². The third-order valence-electron chi connectivity index (χ3n) is 5.42. The number of nitro groups is 1. The molecule has 6 nitrogen and oxygen atoms in total. The van der Waals surface area contributed by atoms with E-state index >= 15 is 0 Å². The summed E-state index contributed by atoms with van der Waals surface area (Å²) in [7, 11) is 0. The largest absolute Gasteiger partial charge is 0.324 e. The molecule has 1 amide bonds. The molecule has 2 heterocycles. The van der Waals surface area contributed by atoms with Crippen molar-refractivity contribution in [3.05, 3.63) is 97.2 Å². The summed E-state index contributed by atoms with van der Waals surface area (Å²) in [5.41, 5.74) is 5.46. The monoisotopic (exact) mass is 491 g/mol. The molecule has 2 aromatic heterocycles. The predicted molar refractivity (Wildman–Crippen MR) is 139 cm³/mol. The Morgan fingerprint density at radius 3 is 2.26 bits per heavy atom. The molecular weight excluding hydrogens is 466 g/mol. The highest BCUT2D eigenvalue weighted by Gasteiger charge is 2.20. The quantitative estimate of drug-likeness (QED) is 0.228. The van der Waals surface area contributed by atoms with Crippen molar-refractivity contribution in [1.82, 2.24) is 4.98 Å². The first kappa shape index (κ1) is 23.8. The molecule has 8 heteroatoms. The molecular formula is C26H25N3O3S2. The molecule has 0 aliphatic carbocycles. The lowest BCUT2D eigenvalue weighted by molar-refractivity contribution is -0.380. The summed E-state index contributed by atoms with van der Waals surface area (Å²) in [5.74, 6) is -0.400. The van der Waals surface area contributed by atoms with Crippen LogP contribution in [-0.2, 0) is 11.8 Å². The average Bonchev–Trinajstić information content (AvgIpc) is 3.43. The van der Waals surface area contributed by atoms with Gasteiger partial charge < -0.3 is 0 Å². The fourth-order valence-corrected chi connectivity index (χ4v) is 5.21. The van der Waals surface area contributed by atoms with Gasteiger partial charge in [-0.3, -0.25) is 20.2 Å². The van der Waals surface area contributed by atoms with Gasteiger partial charge in [0.1, 0.15) is 0 Å². The Bertz CT molecular complexity index is 1330. The third kappa shape index (κ3) is 5.40. The van der Waals surface area contributed by atoms with Crippen LogP contribution >= 0.6 is 22.7 Å². The van der Waals surface area contributed by atoms with Crippen molar-refractivity contribution in [3.63, 3.8) is 0 Å². The fourth-order valence-electron chi connectivity index (χ4n) is 3.48. The number of amides is 1. The van der Waals surface area contributed by atoms with Crippen LogP contribution in [0.25, 0.3) is 11.3 Å². The maximum Gasteiger partial charge on any atom is 0.324 e. The van der Waals surface area contributed by atoms with Gasteiger partial charge in [0.2, 0.25) is 0 Å². The number of nitrogens with one attached hydrogen (secondary N) is 1. The van der Waals surface area contributed by atoms with E-state index in [-0.39, 0.29) is 15.3 Å². The first-order chi connectivity index (χ1) is 16.1. The van der Waals surface area contributed by atoms with E-state index in [1.54, 1.807) is 0 Å². The number of thiazole rings is 1. The summed E-state index contributed by atoms with van der Waals surface area (Å²) in [6, 6.07) is 19.6. The van der Waals surface area contributed by atoms with Gasteiger partial charge >= 0.3 is 5.00 Å². The number of hydrogen-bond donors (Lipinski definition) is 1. The van der Waals surface area contributed by atoms with Crippen LogP contribution in [0.1, 0.15) is 52.0 Å². The van der Waals surface area contributed by atoms with E-state index in [9.17, 15) is 14.9 Å². The molecule has 0 saturated carbocycles. The van der Waals surface area contributed by atoms with Crippen molar-refractivity contribution >= 4 is 38.7 Å². The minimum Gasteiger partial charge on any atom is -0.297 e. The minimum atomic E-state index is -0.496. The summed E-state index contributed by atoms with van der Waals surface area (Å²) in [6.07, 6.45) is 0.689. The maximum atomic E-state index is 12.7. The third-order valence-corrected chi connectivity index (χ3v) is 7.43. The van der Waals surface area contributed by atoms with Crippen LogP contribution in [0.5, 0.6) is 0 Å². The van der Waals surface area contributed by atoms with Crippen LogP contribution in [-0.4, -0.2) is 15.8 Å². The lowest BCUT2D eigenvalue weighted by Gasteiger charge is -2.19. The van der Waals surface area contributed by atoms with E-state index < -0.39 is 10.8 Å². The summed E-state index contributed by atoms with van der Waals surface area (Å²) in [4.78, 5) is 29.2. The number of benzene rings is 2. The van der Waals surface area contributed by atoms with E-state index in [1.165, 1.54) is 34.6 Å². The molecule has 0 unspecified atom stereocenters. The second kappa shape index (κ2) is 9.48. The standard InChI is InChI=1S/C26H25N3O3S2/c1-16-5-7-17(8-6-16)15-21-23(18-9-11-19(12-10-18)26(2,3)4)27-25(34-21)28-24(30)20-13-14-22(33-20)29(31)32/h5-14H,15H2,1-4H3,(H,27,28,30). The molecule has 0 aliphatic rings. The summed E-state index contributed by atoms with van der Waals surface area (Å²) in [6.45, 7) is 8.59. The van der Waals surface area contributed by atoms with E-state index in [0.29, 0.717) is 11.6 Å². The van der Waals surface area contributed by atoms with E-state index in [0.717, 1.165) is 33.0 Å². The molecule has 0 atom stereocenters. The minimum absolute atomic E-state index is 0.0494. The van der Waals surface area contributed by atoms with Crippen molar-refractivity contribution in [3.8, 4) is 11.3 Å². The Balaban J connectivity index is 1.66. The summed E-state index contributed by atoms with van der Waals surface area (Å²) >= 11 is 2.28. The molecule has 0 aliphatic heterocycles. The van der Waals surface area contributed by atoms with Crippen LogP contribution in [0, 0.1) is 17.0 Å². The normalized spacial score (nSPS) is 11.4. The zero-order chi connectivity index (χ0) is 24.5. The zero-order valence-electron chi connectivity index (χ0n) is 19.4. The lowest BCUT2D eigenvalue weighted by Crippen LogP contribution is -2.10. The molecule has 0 radical (unpaired) electrons. The Kier molecular flexibility index (Phi) is 6.63. The number of carbonyl (C=O) groups is 1. The average molecular weight is 492 g/mol. The number of aryl methyl sites for hydroxylation is 1. The second-order valence-electron chi connectivity index (χ2n) is 9.13. The number of thiophene rings is 1. The SMILES string of the molecule is Cc1ccc(Cc2sc(NC(=O)c3ccc([N+](=O)[O-])s3)nc2-c2ccc(C(C)(C)C)cc2)cc1. The molecule has 4 rings (SSSR count). The highest BCUT2D eigenvalue weighted by molar-refractivity contribution is 7.18. The van der Waals surface area contributed by atoms with Crippen molar-refractivity contribution in [2.45, 2.75) is 39.5 Å². The maximum absolute atomic E-state index is 12.7. The zero-order valence-corrected chi connectivity index (χ0v) is 21.0. The Labute approximate surface area is 206 Å². The van der Waals surface area contributed by atoms with Gasteiger partial charge in [0.15, 0.2) is 5.13 Å². The van der Waals surface area contributed by atoms with Gasteiger partial charge in [-0.15, -0.1) is 11.3 Å². The number of carbonyl (C=O) groups excluding carboxylic acids is 1. The molecule has 174 valence electrons. The Morgan fingerprint density at radius 1 is 1.00 bits per heavy atom. The fraction of sp³-hybridized carbons (Fsp3) is 0.231. The van der Waals surface area contributed by atoms with Gasteiger partial charge in [-0.05, 0) is 29.5 Å². The molecule has 1 N–H and O–H groups in total. The molecule has 0 fully saturated rings. The number of anilines is 1. The van der Waals surface area contributed by atoms with E-state index in [4.69, 9.17) is 4.98 Å². The first-order valence-corrected chi connectivity index (χ1v) is 12.5. The Hall–Kier alpha value is -3.36. The van der Waals surface area contributed by atoms with Crippen LogP contribution in [0.3, 0.4) is 0 Å². The van der Waals surface area contributed by atoms with Gasteiger partial charge in [-0.2, -0.15) is 0 Å². The first-order valence-electron chi connectivity index (χ1n) is 10.8. The smallest absolute Gasteiger partial charge is 0.297 e. The van der Waals surface area contributed by atoms with Gasteiger partial charge in [-0.25, -0.2) is 4.98 Å². The molecule has 4 aromatic rings. The molecule has 0 bridgehead atoms. The van der Waals surface area contributed by atoms with Gasteiger partial charge in [0.25, 0.3) is 5.91 Å². The van der Waals surface area contributed by atoms with Gasteiger partial charge in [0, 0.05) is 22.9 Å². The second-order valence-corrected chi connectivity index (χ2v) is 11.3. The summed E-state index contributed by atoms with van der Waals surface area (Å²) in [5, 5.41) is 14.2. The highest BCUT2D eigenvalue weighted by Crippen LogP contribution is 2.35. The van der Waals surface area contributed by atoms with Crippen LogP contribution < -0.4 is 5.32 Å². The van der Waals surface area contributed by atoms with Crippen LogP contribution in [0.2, 0.25) is 0 Å². The molecule has 0 saturated heterocycles. The topological polar surface area (TPSA) is 85.1 Å². The van der Waals surface area contributed by atoms with Crippen LogP contribution in [0.4, 0.5) is 10.1 Å². The number of rotatable bonds is 6. The van der Waals surface area contributed by atoms with Crippen molar-refractivity contribution < 1.29 is 9.72 Å². The molecule has 2 aromatic carbocycles. The lowest BCUT2D eigenvalue weighted by atomic mass is 9.86. The van der Waals surface area contributed by atoms with Crippen molar-refractivity contribution in [1.29, 1.82) is 0 Å². The van der Waals surface area contributed by atoms with Crippen LogP contribution in [0.15, 0.2) is 60.7 Å². The predicted octanol–water partition coefficient (Wildman–Crippen LogP) is 7.23.